The number of H-pyrrole nitrogens is 3. The van der Waals surface area contributed by atoms with E-state index in [-0.39, 0.29) is 5.56 Å². The van der Waals surface area contributed by atoms with Crippen molar-refractivity contribution in [3.05, 3.63) is 45.7 Å². The van der Waals surface area contributed by atoms with Gasteiger partial charge >= 0.3 is 5.97 Å². The smallest absolute Gasteiger partial charge is 0.337 e. The summed E-state index contributed by atoms with van der Waals surface area (Å²) in [4.78, 5) is 18.4. The summed E-state index contributed by atoms with van der Waals surface area (Å²) in [5, 5.41) is 8.42. The maximum atomic E-state index is 10.3. The molecular weight excluding hydrogens is 246 g/mol. The van der Waals surface area contributed by atoms with E-state index in [1.807, 2.05) is 0 Å². The molecule has 0 fully saturated rings. The fraction of sp³-hybridized carbons (Fsp3) is 0. The lowest BCUT2D eigenvalue weighted by Crippen LogP contribution is -1.95. The highest BCUT2D eigenvalue weighted by Crippen LogP contribution is 1.95. The summed E-state index contributed by atoms with van der Waals surface area (Å²) in [6.45, 7) is 0. The van der Waals surface area contributed by atoms with Crippen molar-refractivity contribution in [3.63, 3.8) is 0 Å². The van der Waals surface area contributed by atoms with Gasteiger partial charge in [-0.25, -0.2) is 4.79 Å². The first-order chi connectivity index (χ1) is 7.59. The quantitative estimate of drug-likeness (QED) is 0.590. The number of aromatic amines is 3. The van der Waals surface area contributed by atoms with E-state index in [1.165, 1.54) is 12.3 Å². The highest BCUT2D eigenvalue weighted by molar-refractivity contribution is 7.71. The Morgan fingerprint density at radius 2 is 1.75 bits per heavy atom. The Morgan fingerprint density at radius 1 is 1.12 bits per heavy atom. The third-order valence-corrected chi connectivity index (χ3v) is 2.03. The summed E-state index contributed by atoms with van der Waals surface area (Å²) < 4.78 is 1.21. The van der Waals surface area contributed by atoms with Crippen molar-refractivity contribution in [3.8, 4) is 0 Å². The van der Waals surface area contributed by atoms with Crippen molar-refractivity contribution in [1.82, 2.24) is 15.0 Å². The number of hydrogen-bond acceptors (Lipinski definition) is 3. The minimum atomic E-state index is -0.953. The molecule has 2 heterocycles. The number of aromatic nitrogens is 3. The largest absolute Gasteiger partial charge is 0.478 e. The van der Waals surface area contributed by atoms with Crippen LogP contribution in [0.15, 0.2) is 30.7 Å². The molecule has 0 spiro atoms. The number of rotatable bonds is 1. The molecule has 0 atom stereocenters. The van der Waals surface area contributed by atoms with Crippen molar-refractivity contribution in [2.45, 2.75) is 0 Å². The van der Waals surface area contributed by atoms with Crippen LogP contribution in [0.2, 0.25) is 0 Å². The number of carbonyl (C=O) groups is 1. The normalized spacial score (nSPS) is 9.00. The SMILES string of the molecule is O=C(O)c1ccc(=S)[nH]c1.S=c1[nH]cc[nH]1. The monoisotopic (exact) mass is 255 g/mol. The summed E-state index contributed by atoms with van der Waals surface area (Å²) in [6.07, 6.45) is 4.87. The lowest BCUT2D eigenvalue weighted by Gasteiger charge is -1.89. The number of imidazole rings is 1. The Hall–Kier alpha value is -1.73. The van der Waals surface area contributed by atoms with Crippen LogP contribution in [0.5, 0.6) is 0 Å². The Balaban J connectivity index is 0.000000181. The molecule has 0 aliphatic heterocycles. The van der Waals surface area contributed by atoms with Crippen molar-refractivity contribution in [2.75, 3.05) is 0 Å². The van der Waals surface area contributed by atoms with Gasteiger partial charge in [-0.3, -0.25) is 0 Å². The van der Waals surface area contributed by atoms with E-state index in [9.17, 15) is 4.79 Å². The molecule has 0 saturated carbocycles. The number of nitrogens with one attached hydrogen (secondary N) is 3. The van der Waals surface area contributed by atoms with Crippen LogP contribution in [0.25, 0.3) is 0 Å². The molecule has 5 nitrogen and oxygen atoms in total. The number of pyridine rings is 1. The summed E-state index contributed by atoms with van der Waals surface area (Å²) in [5.41, 5.74) is 0.216. The molecule has 0 aliphatic carbocycles. The first-order valence-corrected chi connectivity index (χ1v) is 5.05. The maximum absolute atomic E-state index is 10.3. The molecule has 0 unspecified atom stereocenters. The molecular formula is C9H9N3O2S2. The molecule has 0 radical (unpaired) electrons. The molecule has 7 heteroatoms. The van der Waals surface area contributed by atoms with Gasteiger partial charge in [0.15, 0.2) is 4.77 Å². The second-order valence-corrected chi connectivity index (χ2v) is 3.55. The van der Waals surface area contributed by atoms with Crippen LogP contribution in [0.4, 0.5) is 0 Å². The predicted molar refractivity (Wildman–Crippen MR) is 64.6 cm³/mol. The van der Waals surface area contributed by atoms with Crippen molar-refractivity contribution < 1.29 is 9.90 Å². The fourth-order valence-corrected chi connectivity index (χ4v) is 1.08. The number of carboxylic acids is 1. The molecule has 2 aromatic rings. The zero-order chi connectivity index (χ0) is 12.0. The Morgan fingerprint density at radius 3 is 2.06 bits per heavy atom. The molecule has 0 bridgehead atoms. The van der Waals surface area contributed by atoms with E-state index in [0.717, 1.165) is 0 Å². The molecule has 4 N–H and O–H groups in total. The highest BCUT2D eigenvalue weighted by atomic mass is 32.1. The van der Waals surface area contributed by atoms with Crippen LogP contribution >= 0.6 is 24.4 Å². The zero-order valence-corrected chi connectivity index (χ0v) is 9.69. The average molecular weight is 255 g/mol. The number of carboxylic acid groups (broad SMARTS) is 1. The van der Waals surface area contributed by atoms with Gasteiger partial charge in [0, 0.05) is 18.6 Å². The van der Waals surface area contributed by atoms with E-state index >= 15 is 0 Å². The van der Waals surface area contributed by atoms with Crippen molar-refractivity contribution in [1.29, 1.82) is 0 Å². The second kappa shape index (κ2) is 5.99. The van der Waals surface area contributed by atoms with Gasteiger partial charge < -0.3 is 20.1 Å². The molecule has 16 heavy (non-hydrogen) atoms. The van der Waals surface area contributed by atoms with Crippen LogP contribution in [0.3, 0.4) is 0 Å². The standard InChI is InChI=1S/C6H5NO2S.C3H4N2S/c8-6(9)4-1-2-5(10)7-3-4;6-3-4-1-2-5-3/h1-3H,(H,7,10)(H,8,9);1-2H,(H2,4,5,6). The van der Waals surface area contributed by atoms with Crippen LogP contribution < -0.4 is 0 Å². The van der Waals surface area contributed by atoms with Gasteiger partial charge in [0.25, 0.3) is 0 Å². The van der Waals surface area contributed by atoms with E-state index in [0.29, 0.717) is 9.41 Å². The van der Waals surface area contributed by atoms with Crippen molar-refractivity contribution >= 4 is 30.4 Å². The Bertz CT molecular complexity index is 533. The van der Waals surface area contributed by atoms with Crippen molar-refractivity contribution in [2.24, 2.45) is 0 Å². The fourth-order valence-electron chi connectivity index (χ4n) is 0.820. The first-order valence-electron chi connectivity index (χ1n) is 4.23. The van der Waals surface area contributed by atoms with Crippen LogP contribution in [-0.4, -0.2) is 26.0 Å². The molecule has 0 saturated heterocycles. The average Bonchev–Trinajstić information content (AvgIpc) is 2.71. The number of hydrogen-bond donors (Lipinski definition) is 4. The molecule has 0 aromatic carbocycles. The third kappa shape index (κ3) is 4.20. The van der Waals surface area contributed by atoms with Gasteiger partial charge in [-0.2, -0.15) is 0 Å². The minimum absolute atomic E-state index is 0.216. The first kappa shape index (κ1) is 12.3. The van der Waals surface area contributed by atoms with Crippen LogP contribution in [0.1, 0.15) is 10.4 Å². The second-order valence-electron chi connectivity index (χ2n) is 2.70. The predicted octanol–water partition coefficient (Wildman–Crippen LogP) is 2.51. The molecule has 2 aromatic heterocycles. The molecule has 84 valence electrons. The van der Waals surface area contributed by atoms with Crippen LogP contribution in [-0.2, 0) is 0 Å². The van der Waals surface area contributed by atoms with Gasteiger partial charge in [-0.15, -0.1) is 0 Å². The Kier molecular flexibility index (Phi) is 4.62. The lowest BCUT2D eigenvalue weighted by molar-refractivity contribution is 0.0696. The van der Waals surface area contributed by atoms with E-state index in [4.69, 9.17) is 17.3 Å². The lowest BCUT2D eigenvalue weighted by atomic mass is 10.3. The van der Waals surface area contributed by atoms with Gasteiger partial charge in [0.05, 0.1) is 5.56 Å². The van der Waals surface area contributed by atoms with Crippen LogP contribution in [0, 0.1) is 9.41 Å². The van der Waals surface area contributed by atoms with Gasteiger partial charge in [0.2, 0.25) is 0 Å². The Labute approximate surface area is 101 Å². The zero-order valence-electron chi connectivity index (χ0n) is 8.06. The minimum Gasteiger partial charge on any atom is -0.478 e. The highest BCUT2D eigenvalue weighted by Gasteiger charge is 1.98. The summed E-state index contributed by atoms with van der Waals surface area (Å²) in [6, 6.07) is 3.00. The van der Waals surface area contributed by atoms with E-state index in [1.54, 1.807) is 18.5 Å². The molecule has 0 aliphatic rings. The molecule has 0 amide bonds. The maximum Gasteiger partial charge on any atom is 0.337 e. The van der Waals surface area contributed by atoms with E-state index in [2.05, 4.69) is 27.2 Å². The topological polar surface area (TPSA) is 84.7 Å². The molecule has 2 rings (SSSR count). The summed E-state index contributed by atoms with van der Waals surface area (Å²) in [7, 11) is 0. The van der Waals surface area contributed by atoms with Gasteiger partial charge in [-0.05, 0) is 24.4 Å². The number of aromatic carboxylic acids is 1. The summed E-state index contributed by atoms with van der Waals surface area (Å²) >= 11 is 9.34. The summed E-state index contributed by atoms with van der Waals surface area (Å²) in [5.74, 6) is -0.953. The third-order valence-electron chi connectivity index (χ3n) is 1.54. The van der Waals surface area contributed by atoms with Gasteiger partial charge in [-0.1, -0.05) is 12.2 Å². The van der Waals surface area contributed by atoms with E-state index < -0.39 is 5.97 Å². The van der Waals surface area contributed by atoms with Gasteiger partial charge in [0.1, 0.15) is 4.64 Å².